The summed E-state index contributed by atoms with van der Waals surface area (Å²) in [7, 11) is 0. The Morgan fingerprint density at radius 1 is 1.00 bits per heavy atom. The van der Waals surface area contributed by atoms with Crippen molar-refractivity contribution in [3.8, 4) is 0 Å². The molecule has 1 aromatic heterocycles. The molecule has 0 aromatic carbocycles. The summed E-state index contributed by atoms with van der Waals surface area (Å²) in [5, 5.41) is 10.2. The molecule has 0 saturated carbocycles. The van der Waals surface area contributed by atoms with Crippen LogP contribution in [0, 0.1) is 5.21 Å². The zero-order chi connectivity index (χ0) is 7.11. The van der Waals surface area contributed by atoms with Crippen molar-refractivity contribution in [1.29, 1.82) is 0 Å². The first-order chi connectivity index (χ1) is 4.39. The fraction of sp³-hybridized carbons (Fsp3) is 0. The van der Waals surface area contributed by atoms with E-state index in [1.165, 1.54) is 12.4 Å². The Labute approximate surface area is 54.7 Å². The van der Waals surface area contributed by atoms with Gasteiger partial charge in [-0.25, -0.2) is 0 Å². The molecule has 0 radical (unpaired) electrons. The Balaban J connectivity index is 0.000000291. The zero-order valence-electron chi connectivity index (χ0n) is 5.16. The Morgan fingerprint density at radius 2 is 1.44 bits per heavy atom. The molecule has 0 bridgehead atoms. The zero-order valence-corrected chi connectivity index (χ0v) is 5.16. The summed E-state index contributed by atoms with van der Waals surface area (Å²) in [5.41, 5.74) is 0. The van der Waals surface area contributed by atoms with E-state index in [9.17, 15) is 5.21 Å². The molecule has 0 spiro atoms. The Morgan fingerprint density at radius 3 is 1.67 bits per heavy atom. The maximum atomic E-state index is 10.2. The monoisotopic (exact) mass is 123 g/mol. The topological polar surface area (TPSA) is 26.9 Å². The van der Waals surface area contributed by atoms with Crippen molar-refractivity contribution in [3.63, 3.8) is 0 Å². The summed E-state index contributed by atoms with van der Waals surface area (Å²) in [6, 6.07) is 5.18. The van der Waals surface area contributed by atoms with Crippen LogP contribution in [0.2, 0.25) is 0 Å². The van der Waals surface area contributed by atoms with Crippen LogP contribution < -0.4 is 4.73 Å². The molecular weight excluding hydrogens is 114 g/mol. The molecule has 1 rings (SSSR count). The highest BCUT2D eigenvalue weighted by atomic mass is 16.5. The smallest absolute Gasteiger partial charge is 0.180 e. The molecular formula is C7H9NO. The van der Waals surface area contributed by atoms with E-state index in [1.54, 1.807) is 18.2 Å². The number of aromatic nitrogens is 1. The van der Waals surface area contributed by atoms with Crippen LogP contribution in [-0.4, -0.2) is 0 Å². The highest BCUT2D eigenvalue weighted by Gasteiger charge is 1.74. The minimum atomic E-state index is 0.750. The predicted molar refractivity (Wildman–Crippen MR) is 36.7 cm³/mol. The van der Waals surface area contributed by atoms with Crippen LogP contribution in [0.15, 0.2) is 43.8 Å². The number of nitrogens with zero attached hydrogens (tertiary/aromatic N) is 1. The lowest BCUT2D eigenvalue weighted by Gasteiger charge is -1.88. The van der Waals surface area contributed by atoms with Crippen LogP contribution in [-0.2, 0) is 0 Å². The molecule has 0 amide bonds. The van der Waals surface area contributed by atoms with E-state index < -0.39 is 0 Å². The number of rotatable bonds is 0. The summed E-state index contributed by atoms with van der Waals surface area (Å²) >= 11 is 0. The number of hydrogen-bond acceptors (Lipinski definition) is 1. The summed E-state index contributed by atoms with van der Waals surface area (Å²) in [6.07, 6.45) is 2.89. The Kier molecular flexibility index (Phi) is 4.14. The van der Waals surface area contributed by atoms with Crippen LogP contribution in [0.25, 0.3) is 0 Å². The lowest BCUT2D eigenvalue weighted by Crippen LogP contribution is -2.22. The van der Waals surface area contributed by atoms with Gasteiger partial charge in [0.2, 0.25) is 0 Å². The SMILES string of the molecule is C=C.[O-][n+]1ccccc1. The van der Waals surface area contributed by atoms with Crippen LogP contribution in [0.3, 0.4) is 0 Å². The average molecular weight is 123 g/mol. The third-order valence-corrected chi connectivity index (χ3v) is 0.688. The van der Waals surface area contributed by atoms with Crippen LogP contribution in [0.5, 0.6) is 0 Å². The van der Waals surface area contributed by atoms with E-state index in [-0.39, 0.29) is 0 Å². The van der Waals surface area contributed by atoms with E-state index in [0.29, 0.717) is 0 Å². The van der Waals surface area contributed by atoms with E-state index in [2.05, 4.69) is 13.2 Å². The molecule has 48 valence electrons. The quantitative estimate of drug-likeness (QED) is 0.288. The molecule has 0 atom stereocenters. The molecule has 2 heteroatoms. The molecule has 0 saturated heterocycles. The lowest BCUT2D eigenvalue weighted by atomic mass is 10.5. The molecule has 0 N–H and O–H groups in total. The maximum absolute atomic E-state index is 10.2. The van der Waals surface area contributed by atoms with Crippen molar-refractivity contribution < 1.29 is 4.73 Å². The molecule has 0 unspecified atom stereocenters. The molecule has 0 aliphatic rings. The molecule has 2 nitrogen and oxygen atoms in total. The lowest BCUT2D eigenvalue weighted by molar-refractivity contribution is -0.605. The molecule has 0 aliphatic heterocycles. The third-order valence-electron chi connectivity index (χ3n) is 0.688. The second-order valence-electron chi connectivity index (χ2n) is 1.24. The fourth-order valence-electron chi connectivity index (χ4n) is 0.383. The van der Waals surface area contributed by atoms with Gasteiger partial charge < -0.3 is 5.21 Å². The first kappa shape index (κ1) is 7.69. The summed E-state index contributed by atoms with van der Waals surface area (Å²) in [5.74, 6) is 0. The van der Waals surface area contributed by atoms with Gasteiger partial charge in [-0.15, -0.1) is 13.2 Å². The standard InChI is InChI=1S/C5H5NO.C2H4/c7-6-4-2-1-3-5-6;1-2/h1-5H;1-2H2. The van der Waals surface area contributed by atoms with Crippen molar-refractivity contribution in [3.05, 3.63) is 49.0 Å². The third kappa shape index (κ3) is 3.29. The average Bonchev–Trinajstić information content (AvgIpc) is 1.94. The van der Waals surface area contributed by atoms with Gasteiger partial charge >= 0.3 is 0 Å². The van der Waals surface area contributed by atoms with Gasteiger partial charge in [-0.05, 0) is 0 Å². The minimum absolute atomic E-state index is 0.750. The molecule has 9 heavy (non-hydrogen) atoms. The van der Waals surface area contributed by atoms with Gasteiger partial charge in [0.15, 0.2) is 12.4 Å². The molecule has 1 heterocycles. The van der Waals surface area contributed by atoms with Gasteiger partial charge in [0.05, 0.1) is 0 Å². The van der Waals surface area contributed by atoms with Gasteiger partial charge in [0.1, 0.15) is 0 Å². The predicted octanol–water partition coefficient (Wildman–Crippen LogP) is 1.12. The fourth-order valence-corrected chi connectivity index (χ4v) is 0.383. The van der Waals surface area contributed by atoms with E-state index >= 15 is 0 Å². The summed E-state index contributed by atoms with van der Waals surface area (Å²) in [6.45, 7) is 6.00. The minimum Gasteiger partial charge on any atom is -0.619 e. The molecule has 0 fully saturated rings. The highest BCUT2D eigenvalue weighted by Crippen LogP contribution is 1.72. The van der Waals surface area contributed by atoms with E-state index in [4.69, 9.17) is 0 Å². The first-order valence-electron chi connectivity index (χ1n) is 2.53. The summed E-state index contributed by atoms with van der Waals surface area (Å²) < 4.78 is 0.750. The Hall–Kier alpha value is -1.31. The number of pyridine rings is 1. The summed E-state index contributed by atoms with van der Waals surface area (Å²) in [4.78, 5) is 0. The Bertz CT molecular complexity index is 150. The highest BCUT2D eigenvalue weighted by molar-refractivity contribution is 4.83. The normalized spacial score (nSPS) is 7.11. The van der Waals surface area contributed by atoms with Crippen LogP contribution in [0.1, 0.15) is 0 Å². The van der Waals surface area contributed by atoms with Crippen LogP contribution in [0.4, 0.5) is 0 Å². The second-order valence-corrected chi connectivity index (χ2v) is 1.24. The number of hydrogen-bond donors (Lipinski definition) is 0. The van der Waals surface area contributed by atoms with Crippen LogP contribution >= 0.6 is 0 Å². The van der Waals surface area contributed by atoms with Crippen molar-refractivity contribution in [2.75, 3.05) is 0 Å². The van der Waals surface area contributed by atoms with Gasteiger partial charge in [-0.2, -0.15) is 4.73 Å². The second kappa shape index (κ2) is 4.84. The molecule has 1 aromatic rings. The van der Waals surface area contributed by atoms with E-state index in [0.717, 1.165) is 4.73 Å². The van der Waals surface area contributed by atoms with Gasteiger partial charge in [-0.3, -0.25) is 0 Å². The first-order valence-corrected chi connectivity index (χ1v) is 2.53. The van der Waals surface area contributed by atoms with Crippen molar-refractivity contribution >= 4 is 0 Å². The maximum Gasteiger partial charge on any atom is 0.180 e. The van der Waals surface area contributed by atoms with Gasteiger partial charge in [-0.1, -0.05) is 6.07 Å². The molecule has 0 aliphatic carbocycles. The van der Waals surface area contributed by atoms with Gasteiger partial charge in [0, 0.05) is 12.1 Å². The van der Waals surface area contributed by atoms with Crippen molar-refractivity contribution in [1.82, 2.24) is 0 Å². The largest absolute Gasteiger partial charge is 0.619 e. The van der Waals surface area contributed by atoms with E-state index in [1.807, 2.05) is 0 Å². The van der Waals surface area contributed by atoms with Crippen molar-refractivity contribution in [2.24, 2.45) is 0 Å². The van der Waals surface area contributed by atoms with Crippen molar-refractivity contribution in [2.45, 2.75) is 0 Å². The van der Waals surface area contributed by atoms with Gasteiger partial charge in [0.25, 0.3) is 0 Å².